The lowest BCUT2D eigenvalue weighted by Gasteiger charge is -2.51. The lowest BCUT2D eigenvalue weighted by Crippen LogP contribution is -2.58. The zero-order valence-corrected chi connectivity index (χ0v) is 76.2. The molecule has 12 heterocycles. The summed E-state index contributed by atoms with van der Waals surface area (Å²) in [5, 5.41) is 68.4. The maximum absolute atomic E-state index is 14.4. The second-order valence-electron chi connectivity index (χ2n) is 38.6. The van der Waals surface area contributed by atoms with Gasteiger partial charge in [-0.1, -0.05) is 123 Å². The summed E-state index contributed by atoms with van der Waals surface area (Å²) < 4.78 is 128. The number of allylic oxidation sites excluding steroid dienone is 4. The topological polar surface area (TPSA) is 340 Å². The first kappa shape index (κ1) is 96.5. The van der Waals surface area contributed by atoms with Crippen molar-refractivity contribution in [3.05, 3.63) is 94.2 Å². The monoisotopic (exact) mass is 1740 g/mol. The molecular weight excluding hydrogens is 1590 g/mol. The third-order valence-corrected chi connectivity index (χ3v) is 29.3. The van der Waals surface area contributed by atoms with Crippen molar-refractivity contribution in [1.82, 2.24) is 0 Å². The van der Waals surface area contributed by atoms with Crippen LogP contribution in [0.1, 0.15) is 207 Å². The molecule has 694 valence electrons. The van der Waals surface area contributed by atoms with Gasteiger partial charge in [0, 0.05) is 104 Å². The highest BCUT2D eigenvalue weighted by Crippen LogP contribution is 2.52. The van der Waals surface area contributed by atoms with Crippen LogP contribution in [0.3, 0.4) is 0 Å². The van der Waals surface area contributed by atoms with Crippen molar-refractivity contribution in [3.63, 3.8) is 0 Å². The van der Waals surface area contributed by atoms with Crippen LogP contribution in [0.5, 0.6) is 0 Å². The lowest BCUT2D eigenvalue weighted by molar-refractivity contribution is -0.341. The smallest absolute Gasteiger partial charge is 0.316 e. The lowest BCUT2D eigenvalue weighted by atomic mass is 9.71. The molecule has 10 fully saturated rings. The average Bonchev–Trinajstić information content (AvgIpc) is 1.64. The minimum Gasteiger partial charge on any atom is -0.462 e. The number of fused-ring (bicyclic) bond motifs is 4. The van der Waals surface area contributed by atoms with Gasteiger partial charge in [-0.3, -0.25) is 9.59 Å². The van der Waals surface area contributed by atoms with E-state index in [1.807, 2.05) is 38.2 Å². The number of aliphatic hydroxyl groups excluding tert-OH is 4. The Morgan fingerprint density at radius 1 is 0.472 bits per heavy atom. The zero-order valence-electron chi connectivity index (χ0n) is 76.2. The summed E-state index contributed by atoms with van der Waals surface area (Å²) in [6, 6.07) is 0. The summed E-state index contributed by atoms with van der Waals surface area (Å²) in [6.45, 7) is 32.5. The van der Waals surface area contributed by atoms with Gasteiger partial charge >= 0.3 is 11.9 Å². The van der Waals surface area contributed by atoms with Crippen LogP contribution in [0.25, 0.3) is 0 Å². The van der Waals surface area contributed by atoms with E-state index in [9.17, 15) is 40.2 Å². The molecule has 12 aliphatic heterocycles. The molecule has 6 N–H and O–H groups in total. The maximum Gasteiger partial charge on any atom is 0.316 e. The van der Waals surface area contributed by atoms with Crippen LogP contribution < -0.4 is 0 Å². The van der Waals surface area contributed by atoms with E-state index >= 15 is 0 Å². The predicted molar refractivity (Wildman–Crippen MR) is 450 cm³/mol. The molecule has 14 rings (SSSR count). The molecule has 28 nitrogen and oxygen atoms in total. The van der Waals surface area contributed by atoms with E-state index in [0.717, 1.165) is 30.4 Å². The number of hydrogen-bond acceptors (Lipinski definition) is 28. The Labute approximate surface area is 728 Å². The molecule has 0 aromatic rings. The number of carbonyl (C=O) groups is 2. The number of esters is 2. The van der Waals surface area contributed by atoms with Crippen LogP contribution in [0.15, 0.2) is 94.2 Å². The van der Waals surface area contributed by atoms with Crippen molar-refractivity contribution < 1.29 is 135 Å². The third-order valence-electron chi connectivity index (χ3n) is 29.3. The van der Waals surface area contributed by atoms with Crippen LogP contribution >= 0.6 is 0 Å². The van der Waals surface area contributed by atoms with Gasteiger partial charge in [0.15, 0.2) is 36.7 Å². The van der Waals surface area contributed by atoms with Gasteiger partial charge in [0.2, 0.25) is 0 Å². The van der Waals surface area contributed by atoms with E-state index in [2.05, 4.69) is 81.4 Å². The van der Waals surface area contributed by atoms with E-state index in [0.29, 0.717) is 117 Å². The number of carbonyl (C=O) groups excluding carboxylic acids is 2. The quantitative estimate of drug-likeness (QED) is 0.0655. The fraction of sp³-hybridized carbons (Fsp3) is 0.811. The highest BCUT2D eigenvalue weighted by atomic mass is 16.8. The molecule has 4 bridgehead atoms. The third kappa shape index (κ3) is 20.8. The summed E-state index contributed by atoms with van der Waals surface area (Å²) >= 11 is 0. The van der Waals surface area contributed by atoms with Crippen LogP contribution in [0, 0.1) is 47.3 Å². The Morgan fingerprint density at radius 2 is 0.846 bits per heavy atom. The van der Waals surface area contributed by atoms with E-state index in [1.165, 1.54) is 0 Å². The minimum absolute atomic E-state index is 0.00708. The van der Waals surface area contributed by atoms with Crippen molar-refractivity contribution in [1.29, 1.82) is 0 Å². The summed E-state index contributed by atoms with van der Waals surface area (Å²) in [6.07, 6.45) is 12.1. The molecule has 39 atom stereocenters. The molecule has 0 aromatic carbocycles. The molecule has 0 saturated carbocycles. The number of aliphatic hydroxyl groups is 6. The average molecular weight is 1740 g/mol. The molecule has 2 aliphatic carbocycles. The van der Waals surface area contributed by atoms with Crippen molar-refractivity contribution in [3.8, 4) is 0 Å². The van der Waals surface area contributed by atoms with Gasteiger partial charge in [-0.05, 0) is 138 Å². The Balaban J connectivity index is 0.000000212. The van der Waals surface area contributed by atoms with E-state index < -0.39 is 182 Å². The Bertz CT molecular complexity index is 3810. The van der Waals surface area contributed by atoms with Gasteiger partial charge in [-0.2, -0.15) is 0 Å². The largest absolute Gasteiger partial charge is 0.462 e. The van der Waals surface area contributed by atoms with Crippen molar-refractivity contribution in [2.45, 2.75) is 402 Å². The van der Waals surface area contributed by atoms with Gasteiger partial charge in [-0.25, -0.2) is 0 Å². The first-order chi connectivity index (χ1) is 58.5. The number of hydrogen-bond donors (Lipinski definition) is 6. The van der Waals surface area contributed by atoms with Crippen LogP contribution in [0.2, 0.25) is 0 Å². The molecule has 14 aliphatic rings. The zero-order chi connectivity index (χ0) is 88.6. The predicted octanol–water partition coefficient (Wildman–Crippen LogP) is 10.8. The summed E-state index contributed by atoms with van der Waals surface area (Å²) in [4.78, 5) is 28.7. The van der Waals surface area contributed by atoms with Crippen molar-refractivity contribution in [2.75, 3.05) is 41.7 Å². The van der Waals surface area contributed by atoms with Gasteiger partial charge in [-0.15, -0.1) is 0 Å². The first-order valence-corrected chi connectivity index (χ1v) is 45.8. The van der Waals surface area contributed by atoms with E-state index in [-0.39, 0.29) is 67.6 Å². The first-order valence-electron chi connectivity index (χ1n) is 45.8. The molecule has 28 heteroatoms. The Morgan fingerprint density at radius 3 is 1.24 bits per heavy atom. The molecule has 123 heavy (non-hydrogen) atoms. The molecular formula is C95H146O28. The van der Waals surface area contributed by atoms with Gasteiger partial charge in [0.25, 0.3) is 0 Å². The SMILES string of the molecule is CC[C@H](C)C1O[C@]2(CC[C@@H]1C)C[C@@H]1C[C@@H](C/C=C(\C)C(O[C@H]3C[C@H](OC)C(OC4C[C@H](OC)[C@@H](O)[C@H](C)O4)[C@H](C)O3)[C@@H](C)/C=C/C=C3\CO[C@@H]4[C@H](O)C(C)=CC(C(=O)O1)[C@]34O)O2.CO[C@H]1C[C@H](OC2/C(C)=C/C[C@@H]3C[C@@H](C[C@]4(CC[C@H](C)[C@@H](C(C)C)O4)O3)OC(=O)C3C=C(C)[C@@H](O)[C@H]4OC/C(=C\C=C\[C@@H]2C)[C@@]34O)O[C@@H](C)C1O[C@H]1C[C@H](OC)[C@@H](O)[C@H](C)O1. The second kappa shape index (κ2) is 40.7. The summed E-state index contributed by atoms with van der Waals surface area (Å²) in [5.74, 6) is -4.25. The maximum atomic E-state index is 14.4. The summed E-state index contributed by atoms with van der Waals surface area (Å²) in [7, 11) is 6.45. The second-order valence-corrected chi connectivity index (χ2v) is 38.6. The van der Waals surface area contributed by atoms with Crippen LogP contribution in [-0.4, -0.2) is 279 Å². The fourth-order valence-electron chi connectivity index (χ4n) is 21.8. The summed E-state index contributed by atoms with van der Waals surface area (Å²) in [5.41, 5.74) is 0.372. The minimum atomic E-state index is -1.82. The molecule has 0 amide bonds. The molecule has 2 spiro atoms. The number of ether oxygens (including phenoxy) is 20. The highest BCUT2D eigenvalue weighted by Gasteiger charge is 2.63. The number of methoxy groups -OCH3 is 4. The van der Waals surface area contributed by atoms with Crippen LogP contribution in [0.4, 0.5) is 0 Å². The fourth-order valence-corrected chi connectivity index (χ4v) is 21.8. The van der Waals surface area contributed by atoms with E-state index in [4.69, 9.17) is 94.7 Å². The molecule has 0 radical (unpaired) electrons. The standard InChI is InChI=1S/C48H74O14.C47H72O14/c1-11-25(2)43-28(5)17-18-47(62-43)23-34-20-33(61-47)16-15-27(4)42(26(3)13-12-14-32-24-55-45-40(49)29(6)19-35(46(51)58-34)48(32,45)52)59-39-22-37(54-10)44(31(8)57-39)60-38-21-36(53-9)41(50)30(7)56-38;1-24(2)41-27(5)16-17-46(61-41)22-33-19-32(60-46)15-14-26(4)42(25(3)12-11-13-31-23-54-44-39(48)28(6)18-34(45(50)57-33)47(31,44)51)58-38-21-36(53-10)43(30(8)56-38)59-37-20-35(52-9)40(49)29(7)55-37/h12-15,19,25-26,28,30-31,33-45,49-50,52H,11,16-18,20-24H2,1-10H3;11-14,18,24-25,27,29-30,32-44,48-49,51H,15-17,19-23H2,1-10H3/b13-12+,27-15+,32-14+;12-11+,26-14+,31-13+/t25-,26-,28-,30-,31-,33+,34-,35?,36-,37-,38?,39-,40+,41-,42?,43?,44?,45+,47+,48+;25-,27-,29-,30-,32+,33-,34?,35-,36-,37-,38-,39+,40-,41+,42?,43?,44+,46+,47+/m00/s1. The van der Waals surface area contributed by atoms with Gasteiger partial charge < -0.3 is 125 Å². The normalized spacial score (nSPS) is 49.5. The Kier molecular flexibility index (Phi) is 31.9. The Hall–Kier alpha value is -4.10. The van der Waals surface area contributed by atoms with Gasteiger partial charge in [0.05, 0.1) is 98.7 Å². The molecule has 8 unspecified atom stereocenters. The van der Waals surface area contributed by atoms with Gasteiger partial charge in [0.1, 0.15) is 84.1 Å². The van der Waals surface area contributed by atoms with E-state index in [1.54, 1.807) is 80.4 Å². The van der Waals surface area contributed by atoms with Crippen molar-refractivity contribution >= 4 is 11.9 Å². The highest BCUT2D eigenvalue weighted by molar-refractivity contribution is 5.79. The van der Waals surface area contributed by atoms with Crippen LogP contribution in [-0.2, 0) is 104 Å². The van der Waals surface area contributed by atoms with Crippen molar-refractivity contribution in [2.24, 2.45) is 47.3 Å². The number of rotatable bonds is 15. The molecule has 0 aromatic heterocycles. The molecule has 10 saturated heterocycles.